The van der Waals surface area contributed by atoms with Crippen molar-refractivity contribution in [1.82, 2.24) is 4.90 Å². The highest BCUT2D eigenvalue weighted by atomic mass is 35.5. The molecule has 19 heavy (non-hydrogen) atoms. The summed E-state index contributed by atoms with van der Waals surface area (Å²) in [5, 5.41) is 6.28. The average Bonchev–Trinajstić information content (AvgIpc) is 2.42. The molecule has 0 aromatic carbocycles. The lowest BCUT2D eigenvalue weighted by Crippen LogP contribution is -2.40. The highest BCUT2D eigenvalue weighted by Crippen LogP contribution is 2.27. The molecule has 1 amide bonds. The lowest BCUT2D eigenvalue weighted by molar-refractivity contribution is -0.149. The second-order valence-corrected chi connectivity index (χ2v) is 4.92. The van der Waals surface area contributed by atoms with Gasteiger partial charge < -0.3 is 9.64 Å². The minimum Gasteiger partial charge on any atom is -0.466 e. The summed E-state index contributed by atoms with van der Waals surface area (Å²) in [6.45, 7) is 3.54. The molecule has 0 N–H and O–H groups in total. The molecule has 2 rings (SSSR count). The Bertz CT molecular complexity index is 428. The molecule has 1 atom stereocenters. The Hall–Kier alpha value is -1.43. The molecular weight excluding hydrogens is 270 g/mol. The van der Waals surface area contributed by atoms with Crippen LogP contribution in [0.2, 0.25) is 0 Å². The van der Waals surface area contributed by atoms with Gasteiger partial charge in [-0.15, -0.1) is 16.7 Å². The Morgan fingerprint density at radius 2 is 2.21 bits per heavy atom. The first-order chi connectivity index (χ1) is 9.13. The summed E-state index contributed by atoms with van der Waals surface area (Å²) in [5.41, 5.74) is 0.670. The van der Waals surface area contributed by atoms with E-state index in [2.05, 4.69) is 10.2 Å². The fourth-order valence-corrected chi connectivity index (χ4v) is 2.50. The van der Waals surface area contributed by atoms with Crippen LogP contribution in [0.3, 0.4) is 0 Å². The van der Waals surface area contributed by atoms with Gasteiger partial charge in [0.05, 0.1) is 24.4 Å². The van der Waals surface area contributed by atoms with E-state index in [0.29, 0.717) is 38.2 Å². The third-order valence-corrected chi connectivity index (χ3v) is 3.71. The maximum Gasteiger partial charge on any atom is 0.309 e. The van der Waals surface area contributed by atoms with Crippen LogP contribution in [0.5, 0.6) is 0 Å². The van der Waals surface area contributed by atoms with Crippen LogP contribution in [0.25, 0.3) is 0 Å². The molecule has 2 heterocycles. The Kier molecular flexibility index (Phi) is 4.52. The molecule has 0 spiro atoms. The van der Waals surface area contributed by atoms with Crippen LogP contribution in [0.4, 0.5) is 0 Å². The Labute approximate surface area is 116 Å². The number of piperidine rings is 1. The second kappa shape index (κ2) is 6.14. The molecule has 2 aliphatic heterocycles. The van der Waals surface area contributed by atoms with E-state index in [4.69, 9.17) is 16.3 Å². The maximum atomic E-state index is 11.6. The van der Waals surface area contributed by atoms with Gasteiger partial charge in [-0.25, -0.2) is 0 Å². The molecule has 7 heteroatoms. The first-order valence-electron chi connectivity index (χ1n) is 6.34. The number of carbonyl (C=O) groups is 2. The van der Waals surface area contributed by atoms with Gasteiger partial charge in [-0.05, 0) is 19.8 Å². The molecule has 0 aromatic rings. The smallest absolute Gasteiger partial charge is 0.309 e. The van der Waals surface area contributed by atoms with Crippen molar-refractivity contribution in [3.8, 4) is 0 Å². The van der Waals surface area contributed by atoms with Gasteiger partial charge in [-0.2, -0.15) is 5.11 Å². The van der Waals surface area contributed by atoms with Crippen LogP contribution in [0.15, 0.2) is 22.1 Å². The highest BCUT2D eigenvalue weighted by Gasteiger charge is 2.32. The summed E-state index contributed by atoms with van der Waals surface area (Å²) in [6.07, 6.45) is 2.92. The van der Waals surface area contributed by atoms with Crippen molar-refractivity contribution in [2.45, 2.75) is 25.1 Å². The topological polar surface area (TPSA) is 71.3 Å². The maximum absolute atomic E-state index is 11.6. The predicted molar refractivity (Wildman–Crippen MR) is 68.5 cm³/mol. The largest absolute Gasteiger partial charge is 0.466 e. The fourth-order valence-electron chi connectivity index (χ4n) is 2.26. The number of ether oxygens (including phenoxy) is 1. The van der Waals surface area contributed by atoms with E-state index < -0.39 is 11.3 Å². The summed E-state index contributed by atoms with van der Waals surface area (Å²) in [6, 6.07) is 0. The van der Waals surface area contributed by atoms with Gasteiger partial charge in [-0.1, -0.05) is 0 Å². The zero-order valence-corrected chi connectivity index (χ0v) is 11.5. The molecule has 6 nitrogen and oxygen atoms in total. The first kappa shape index (κ1) is 14.0. The third kappa shape index (κ3) is 3.12. The molecule has 2 aliphatic rings. The van der Waals surface area contributed by atoms with E-state index in [0.717, 1.165) is 0 Å². The van der Waals surface area contributed by atoms with Gasteiger partial charge in [0.1, 0.15) is 0 Å². The molecule has 1 fully saturated rings. The molecule has 1 unspecified atom stereocenters. The number of amides is 1. The summed E-state index contributed by atoms with van der Waals surface area (Å²) < 4.78 is 5.01. The Balaban J connectivity index is 1.93. The van der Waals surface area contributed by atoms with Crippen molar-refractivity contribution in [3.05, 3.63) is 11.9 Å². The summed E-state index contributed by atoms with van der Waals surface area (Å²) in [4.78, 5) is 25.0. The first-order valence-corrected chi connectivity index (χ1v) is 6.77. The lowest BCUT2D eigenvalue weighted by Gasteiger charge is -2.35. The van der Waals surface area contributed by atoms with Crippen LogP contribution in [-0.2, 0) is 14.3 Å². The zero-order valence-electron chi connectivity index (χ0n) is 10.7. The van der Waals surface area contributed by atoms with Crippen molar-refractivity contribution >= 4 is 23.5 Å². The number of carbonyl (C=O) groups excluding carboxylic acids is 2. The van der Waals surface area contributed by atoms with Crippen LogP contribution in [0, 0.1) is 5.92 Å². The van der Waals surface area contributed by atoms with E-state index in [1.807, 2.05) is 4.90 Å². The van der Waals surface area contributed by atoms with Gasteiger partial charge in [0.2, 0.25) is 0 Å². The van der Waals surface area contributed by atoms with E-state index >= 15 is 0 Å². The zero-order chi connectivity index (χ0) is 13.8. The number of hydrogen-bond donors (Lipinski definition) is 0. The van der Waals surface area contributed by atoms with Crippen molar-refractivity contribution in [2.24, 2.45) is 16.1 Å². The number of alkyl halides is 1. The molecule has 0 saturated carbocycles. The number of azo groups is 1. The minimum atomic E-state index is -0.767. The fraction of sp³-hybridized carbons (Fsp3) is 0.667. The number of likely N-dealkylation sites (tertiary alicyclic amines) is 1. The predicted octanol–water partition coefficient (Wildman–Crippen LogP) is 1.70. The molecule has 0 radical (unpaired) electrons. The second-order valence-electron chi connectivity index (χ2n) is 4.48. The monoisotopic (exact) mass is 285 g/mol. The molecule has 1 saturated heterocycles. The minimum absolute atomic E-state index is 0.0634. The van der Waals surface area contributed by atoms with Crippen molar-refractivity contribution in [2.75, 3.05) is 19.7 Å². The highest BCUT2D eigenvalue weighted by molar-refractivity contribution is 6.33. The molecule has 0 aromatic heterocycles. The summed E-state index contributed by atoms with van der Waals surface area (Å²) in [7, 11) is 0. The van der Waals surface area contributed by atoms with Crippen LogP contribution < -0.4 is 0 Å². The lowest BCUT2D eigenvalue weighted by atomic mass is 9.96. The molecule has 0 bridgehead atoms. The van der Waals surface area contributed by atoms with Crippen LogP contribution >= 0.6 is 11.6 Å². The van der Waals surface area contributed by atoms with Crippen LogP contribution in [0.1, 0.15) is 19.8 Å². The van der Waals surface area contributed by atoms with E-state index in [-0.39, 0.29) is 11.9 Å². The van der Waals surface area contributed by atoms with Gasteiger partial charge in [-0.3, -0.25) is 9.59 Å². The summed E-state index contributed by atoms with van der Waals surface area (Å²) >= 11 is 6.01. The summed E-state index contributed by atoms with van der Waals surface area (Å²) in [5.74, 6) is -0.642. The quantitative estimate of drug-likeness (QED) is 0.584. The van der Waals surface area contributed by atoms with Gasteiger partial charge >= 0.3 is 5.97 Å². The number of esters is 1. The molecular formula is C12H16ClN3O3. The van der Waals surface area contributed by atoms with E-state index in [1.165, 1.54) is 6.20 Å². The number of hydrogen-bond acceptors (Lipinski definition) is 5. The van der Waals surface area contributed by atoms with Gasteiger partial charge in [0.25, 0.3) is 5.91 Å². The standard InChI is InChI=1S/C12H16ClN3O3/c1-2-19-12(18)8-3-5-16(6-4-8)9-7-14-15-11(17)10(9)13/h7-8,10H,2-6H2,1H3. The number of nitrogens with zero attached hydrogens (tertiary/aromatic N) is 3. The van der Waals surface area contributed by atoms with E-state index in [9.17, 15) is 9.59 Å². The van der Waals surface area contributed by atoms with Crippen molar-refractivity contribution in [1.29, 1.82) is 0 Å². The van der Waals surface area contributed by atoms with Gasteiger partial charge in [0, 0.05) is 13.1 Å². The number of halogens is 1. The average molecular weight is 286 g/mol. The SMILES string of the molecule is CCOC(=O)C1CCN(C2=CN=NC(=O)C2Cl)CC1. The number of rotatable bonds is 3. The molecule has 104 valence electrons. The van der Waals surface area contributed by atoms with Crippen molar-refractivity contribution in [3.63, 3.8) is 0 Å². The van der Waals surface area contributed by atoms with Gasteiger partial charge in [0.15, 0.2) is 5.38 Å². The van der Waals surface area contributed by atoms with E-state index in [1.54, 1.807) is 6.92 Å². The van der Waals surface area contributed by atoms with Crippen LogP contribution in [-0.4, -0.2) is 41.8 Å². The molecule has 0 aliphatic carbocycles. The normalized spacial score (nSPS) is 24.3. The third-order valence-electron chi connectivity index (χ3n) is 3.30. The Morgan fingerprint density at radius 3 is 2.84 bits per heavy atom. The van der Waals surface area contributed by atoms with Crippen molar-refractivity contribution < 1.29 is 14.3 Å². The Morgan fingerprint density at radius 1 is 1.53 bits per heavy atom.